The van der Waals surface area contributed by atoms with Gasteiger partial charge in [0, 0.05) is 31.2 Å². The molecule has 1 aliphatic heterocycles. The summed E-state index contributed by atoms with van der Waals surface area (Å²) in [4.78, 5) is 13.6. The summed E-state index contributed by atoms with van der Waals surface area (Å²) in [6.07, 6.45) is -3.27. The first-order chi connectivity index (χ1) is 16.5. The molecule has 4 aromatic carbocycles. The van der Waals surface area contributed by atoms with Gasteiger partial charge in [-0.2, -0.15) is 0 Å². The van der Waals surface area contributed by atoms with Crippen molar-refractivity contribution in [2.24, 2.45) is 0 Å². The number of carbonyl (C=O) groups is 1. The zero-order chi connectivity index (χ0) is 23.7. The van der Waals surface area contributed by atoms with Crippen LogP contribution in [0.25, 0.3) is 0 Å². The molecule has 0 radical (unpaired) electrons. The van der Waals surface area contributed by atoms with Gasteiger partial charge in [0.05, 0.1) is 12.2 Å². The normalized spacial score (nSPS) is 17.1. The van der Waals surface area contributed by atoms with E-state index < -0.39 is 18.3 Å². The number of hydrogen-bond donors (Lipinski definition) is 1. The van der Waals surface area contributed by atoms with Crippen LogP contribution in [0.5, 0.6) is 5.75 Å². The highest BCUT2D eigenvalue weighted by Gasteiger charge is 2.42. The number of hydrogen-bond acceptors (Lipinski definition) is 3. The molecule has 1 heterocycles. The predicted molar refractivity (Wildman–Crippen MR) is 147 cm³/mol. The molecule has 0 aliphatic carbocycles. The Kier molecular flexibility index (Phi) is 6.74. The smallest absolute Gasteiger partial charge is 0.205 e. The minimum absolute atomic E-state index is 0.121. The van der Waals surface area contributed by atoms with Crippen LogP contribution in [0.2, 0.25) is 5.02 Å². The average molecular weight is 569 g/mol. The average Bonchev–Trinajstić information content (AvgIpc) is 3.22. The van der Waals surface area contributed by atoms with Gasteiger partial charge in [-0.3, -0.25) is 9.88 Å². The van der Waals surface area contributed by atoms with E-state index in [1.165, 1.54) is 0 Å². The second-order valence-electron chi connectivity index (χ2n) is 7.98. The van der Waals surface area contributed by atoms with Crippen LogP contribution in [0.15, 0.2) is 108 Å². The first-order valence-electron chi connectivity index (χ1n) is 10.7. The maximum atomic E-state index is 13.6. The monoisotopic (exact) mass is 567 g/mol. The summed E-state index contributed by atoms with van der Waals surface area (Å²) in [5.41, 5.74) is 1.45. The maximum absolute atomic E-state index is 13.6. The highest BCUT2D eigenvalue weighted by Crippen LogP contribution is 2.48. The fourth-order valence-electron chi connectivity index (χ4n) is 4.13. The molecule has 0 spiro atoms. The van der Waals surface area contributed by atoms with Crippen molar-refractivity contribution in [3.05, 3.63) is 124 Å². The molecule has 0 aromatic heterocycles. The first kappa shape index (κ1) is 23.5. The number of rotatable bonds is 6. The molecule has 0 saturated carbocycles. The Labute approximate surface area is 217 Å². The molecule has 5 rings (SSSR count). The number of ether oxygens (including phenoxy) is 1. The quantitative estimate of drug-likeness (QED) is 0.215. The molecule has 0 amide bonds. The van der Waals surface area contributed by atoms with Crippen LogP contribution in [-0.4, -0.2) is 11.9 Å². The largest absolute Gasteiger partial charge is 0.480 e. The lowest BCUT2D eigenvalue weighted by molar-refractivity contribution is 0.0787. The van der Waals surface area contributed by atoms with Gasteiger partial charge in [0.25, 0.3) is 0 Å². The van der Waals surface area contributed by atoms with Crippen molar-refractivity contribution < 1.29 is 9.53 Å². The van der Waals surface area contributed by atoms with E-state index in [1.54, 1.807) is 24.3 Å². The van der Waals surface area contributed by atoms with Gasteiger partial charge in [0.15, 0.2) is 6.10 Å². The third-order valence-electron chi connectivity index (χ3n) is 5.81. The molecule has 1 aliphatic rings. The zero-order valence-corrected chi connectivity index (χ0v) is 22.0. The summed E-state index contributed by atoms with van der Waals surface area (Å²) in [7, 11) is 0. The summed E-state index contributed by atoms with van der Waals surface area (Å²) in [6.45, 7) is 0. The highest BCUT2D eigenvalue weighted by atomic mass is 79.9. The van der Waals surface area contributed by atoms with Crippen LogP contribution in [0, 0.1) is 0 Å². The van der Waals surface area contributed by atoms with E-state index in [0.717, 1.165) is 20.6 Å². The van der Waals surface area contributed by atoms with Gasteiger partial charge in [-0.1, -0.05) is 100 Å². The summed E-state index contributed by atoms with van der Waals surface area (Å²) < 4.78 is 7.16. The standard InChI is InChI=1S/C27H20BrClNO2PS/c28-19-13-16-24-23(17-19)25(27(32-24)26(31)18-11-14-20(29)15-12-18)30-33(34,21-7-3-1-4-8-21)22-9-5-2-6-10-22/h1-17,25,27H,(H,30,34)/t25-,27-/m1/s1. The second-order valence-corrected chi connectivity index (χ2v) is 13.5. The molecule has 2 atom stereocenters. The molecule has 0 saturated heterocycles. The van der Waals surface area contributed by atoms with E-state index in [0.29, 0.717) is 16.3 Å². The van der Waals surface area contributed by atoms with Crippen molar-refractivity contribution in [1.82, 2.24) is 5.09 Å². The molecule has 7 heteroatoms. The van der Waals surface area contributed by atoms with Gasteiger partial charge in [-0.05, 0) is 42.5 Å². The van der Waals surface area contributed by atoms with E-state index >= 15 is 0 Å². The molecule has 3 nitrogen and oxygen atoms in total. The summed E-state index contributed by atoms with van der Waals surface area (Å²) in [6, 6.07) is 32.4. The van der Waals surface area contributed by atoms with E-state index in [4.69, 9.17) is 28.1 Å². The van der Waals surface area contributed by atoms with Crippen LogP contribution in [0.3, 0.4) is 0 Å². The van der Waals surface area contributed by atoms with Crippen molar-refractivity contribution in [1.29, 1.82) is 0 Å². The van der Waals surface area contributed by atoms with Gasteiger partial charge in [-0.15, -0.1) is 0 Å². The number of carbonyl (C=O) groups excluding carboxylic acids is 1. The van der Waals surface area contributed by atoms with Gasteiger partial charge < -0.3 is 4.74 Å². The van der Waals surface area contributed by atoms with Crippen LogP contribution < -0.4 is 20.4 Å². The molecule has 1 N–H and O–H groups in total. The van der Waals surface area contributed by atoms with Crippen LogP contribution in [0.1, 0.15) is 22.0 Å². The molecular formula is C27H20BrClNO2PS. The summed E-state index contributed by atoms with van der Waals surface area (Å²) in [5, 5.41) is 6.38. The molecular weight excluding hydrogens is 549 g/mol. The van der Waals surface area contributed by atoms with E-state index in [-0.39, 0.29) is 5.78 Å². The van der Waals surface area contributed by atoms with Crippen molar-refractivity contribution in [2.45, 2.75) is 12.1 Å². The van der Waals surface area contributed by atoms with Crippen molar-refractivity contribution in [3.8, 4) is 5.75 Å². The van der Waals surface area contributed by atoms with Crippen molar-refractivity contribution in [3.63, 3.8) is 0 Å². The van der Waals surface area contributed by atoms with Crippen molar-refractivity contribution in [2.75, 3.05) is 0 Å². The number of nitrogens with one attached hydrogen (secondary N) is 1. The minimum Gasteiger partial charge on any atom is -0.480 e. The third kappa shape index (κ3) is 4.51. The van der Waals surface area contributed by atoms with E-state index in [9.17, 15) is 4.79 Å². The molecule has 0 unspecified atom stereocenters. The van der Waals surface area contributed by atoms with Crippen LogP contribution in [-0.2, 0) is 11.8 Å². The lowest BCUT2D eigenvalue weighted by atomic mass is 9.98. The van der Waals surface area contributed by atoms with Gasteiger partial charge in [0.1, 0.15) is 5.75 Å². The number of ketones is 1. The second kappa shape index (κ2) is 9.77. The first-order valence-corrected chi connectivity index (χ1v) is 14.7. The fourth-order valence-corrected chi connectivity index (χ4v) is 8.15. The van der Waals surface area contributed by atoms with E-state index in [2.05, 4.69) is 45.3 Å². The molecule has 170 valence electrons. The van der Waals surface area contributed by atoms with E-state index in [1.807, 2.05) is 54.6 Å². The Morgan fingerprint density at radius 2 is 1.47 bits per heavy atom. The fraction of sp³-hybridized carbons (Fsp3) is 0.0741. The van der Waals surface area contributed by atoms with Crippen molar-refractivity contribution >= 4 is 61.9 Å². The zero-order valence-electron chi connectivity index (χ0n) is 17.9. The number of halogens is 2. The number of Topliss-reactive ketones (excluding diaryl/α,β-unsaturated/α-hetero) is 1. The Morgan fingerprint density at radius 3 is 2.06 bits per heavy atom. The summed E-state index contributed by atoms with van der Waals surface area (Å²) in [5.74, 6) is 0.555. The SMILES string of the molecule is O=C(c1ccc(Cl)cc1)[C@@H]1Oc2ccc(Br)cc2[C@H]1NP(=S)(c1ccccc1)c1ccccc1. The Morgan fingerprint density at radius 1 is 0.882 bits per heavy atom. The highest BCUT2D eigenvalue weighted by molar-refractivity contribution is 9.10. The maximum Gasteiger partial charge on any atom is 0.205 e. The van der Waals surface area contributed by atoms with Gasteiger partial charge in [-0.25, -0.2) is 0 Å². The Hall–Kier alpha value is -2.27. The lowest BCUT2D eigenvalue weighted by Crippen LogP contribution is -2.39. The minimum atomic E-state index is -2.51. The van der Waals surface area contributed by atoms with Gasteiger partial charge >= 0.3 is 0 Å². The summed E-state index contributed by atoms with van der Waals surface area (Å²) >= 11 is 16.0. The number of fused-ring (bicyclic) bond motifs is 1. The Bertz CT molecular complexity index is 1340. The lowest BCUT2D eigenvalue weighted by Gasteiger charge is -2.30. The molecule has 0 fully saturated rings. The molecule has 0 bridgehead atoms. The van der Waals surface area contributed by atoms with Gasteiger partial charge in [0.2, 0.25) is 5.78 Å². The number of benzene rings is 4. The Balaban J connectivity index is 1.62. The third-order valence-corrected chi connectivity index (χ3v) is 10.8. The topological polar surface area (TPSA) is 38.3 Å². The van der Waals surface area contributed by atoms with Crippen LogP contribution in [0.4, 0.5) is 0 Å². The van der Waals surface area contributed by atoms with Crippen LogP contribution >= 0.6 is 33.7 Å². The molecule has 34 heavy (non-hydrogen) atoms. The molecule has 4 aromatic rings. The predicted octanol–water partition coefficient (Wildman–Crippen LogP) is 6.42.